The topological polar surface area (TPSA) is 93.1 Å². The van der Waals surface area contributed by atoms with Crippen LogP contribution in [0.3, 0.4) is 0 Å². The van der Waals surface area contributed by atoms with Crippen molar-refractivity contribution in [3.05, 3.63) is 59.9 Å². The highest BCUT2D eigenvalue weighted by Crippen LogP contribution is 2.25. The predicted molar refractivity (Wildman–Crippen MR) is 114 cm³/mol. The molecule has 0 spiro atoms. The lowest BCUT2D eigenvalue weighted by Crippen LogP contribution is -2.38. The summed E-state index contributed by atoms with van der Waals surface area (Å²) in [4.78, 5) is 30.7. The molecule has 160 valence electrons. The van der Waals surface area contributed by atoms with Gasteiger partial charge in [0.2, 0.25) is 11.9 Å². The van der Waals surface area contributed by atoms with Crippen LogP contribution in [0.2, 0.25) is 0 Å². The normalized spacial score (nSPS) is 16.0. The average molecular weight is 422 g/mol. The zero-order valence-electron chi connectivity index (χ0n) is 17.5. The third-order valence-electron chi connectivity index (χ3n) is 5.19. The second-order valence-electron chi connectivity index (χ2n) is 7.72. The fourth-order valence-electron chi connectivity index (χ4n) is 3.34. The van der Waals surface area contributed by atoms with Gasteiger partial charge in [0, 0.05) is 11.8 Å². The van der Waals surface area contributed by atoms with Crippen LogP contribution in [0.15, 0.2) is 42.9 Å². The summed E-state index contributed by atoms with van der Waals surface area (Å²) in [7, 11) is 0. The van der Waals surface area contributed by atoms with Crippen LogP contribution >= 0.6 is 0 Å². The van der Waals surface area contributed by atoms with Gasteiger partial charge < -0.3 is 10.1 Å². The van der Waals surface area contributed by atoms with Crippen LogP contribution in [0.1, 0.15) is 25.1 Å². The smallest absolute Gasteiger partial charge is 0.417 e. The Hall–Kier alpha value is -3.62. The summed E-state index contributed by atoms with van der Waals surface area (Å²) < 4.78 is 18.6. The maximum absolute atomic E-state index is 13.5. The quantitative estimate of drug-likeness (QED) is 0.642. The lowest BCUT2D eigenvalue weighted by Gasteiger charge is -2.22. The molecule has 0 aliphatic carbocycles. The van der Waals surface area contributed by atoms with E-state index in [2.05, 4.69) is 25.3 Å². The number of hydrogen-bond donors (Lipinski definition) is 1. The standard InChI is InChI=1S/C22H23FN6O2/c1-13(2)19-11-31-22(30)29(19)21-27-12-26-20(28-21)25-10-17-6-4-16(9-24-17)15-5-7-18(23)14(3)8-15/h4-9,12-13,19H,10-11H2,1-3H3,(H,25,26,27,28). The van der Waals surface area contributed by atoms with Gasteiger partial charge in [0.1, 0.15) is 18.8 Å². The molecule has 31 heavy (non-hydrogen) atoms. The molecule has 1 atom stereocenters. The molecule has 1 unspecified atom stereocenters. The Morgan fingerprint density at radius 2 is 2.00 bits per heavy atom. The highest BCUT2D eigenvalue weighted by Gasteiger charge is 2.38. The zero-order chi connectivity index (χ0) is 22.0. The molecule has 1 aliphatic heterocycles. The summed E-state index contributed by atoms with van der Waals surface area (Å²) in [6, 6.07) is 8.69. The number of pyridine rings is 1. The molecule has 1 amide bonds. The number of halogens is 1. The third kappa shape index (κ3) is 4.45. The van der Waals surface area contributed by atoms with Crippen LogP contribution in [0.25, 0.3) is 11.1 Å². The molecule has 1 N–H and O–H groups in total. The van der Waals surface area contributed by atoms with Gasteiger partial charge in [-0.25, -0.2) is 24.1 Å². The van der Waals surface area contributed by atoms with Crippen LogP contribution in [0, 0.1) is 18.7 Å². The van der Waals surface area contributed by atoms with Crippen molar-refractivity contribution >= 4 is 18.0 Å². The van der Waals surface area contributed by atoms with E-state index in [1.807, 2.05) is 26.0 Å². The van der Waals surface area contributed by atoms with E-state index in [0.29, 0.717) is 24.7 Å². The molecule has 1 fully saturated rings. The number of aromatic nitrogens is 4. The van der Waals surface area contributed by atoms with Gasteiger partial charge in [-0.2, -0.15) is 4.98 Å². The van der Waals surface area contributed by atoms with E-state index in [-0.39, 0.29) is 23.7 Å². The van der Waals surface area contributed by atoms with E-state index in [4.69, 9.17) is 4.74 Å². The minimum absolute atomic E-state index is 0.118. The Morgan fingerprint density at radius 1 is 1.19 bits per heavy atom. The van der Waals surface area contributed by atoms with Crippen molar-refractivity contribution < 1.29 is 13.9 Å². The molecule has 3 heterocycles. The molecule has 2 aromatic heterocycles. The number of anilines is 2. The first-order valence-electron chi connectivity index (χ1n) is 10.0. The molecule has 0 bridgehead atoms. The van der Waals surface area contributed by atoms with Gasteiger partial charge in [-0.15, -0.1) is 0 Å². The Labute approximate surface area is 179 Å². The molecule has 8 nitrogen and oxygen atoms in total. The van der Waals surface area contributed by atoms with Gasteiger partial charge >= 0.3 is 6.09 Å². The molecule has 1 saturated heterocycles. The van der Waals surface area contributed by atoms with Gasteiger partial charge in [-0.1, -0.05) is 26.0 Å². The van der Waals surface area contributed by atoms with Crippen molar-refractivity contribution in [2.45, 2.75) is 33.4 Å². The molecular weight excluding hydrogens is 399 g/mol. The van der Waals surface area contributed by atoms with Gasteiger partial charge in [-0.05, 0) is 42.2 Å². The molecule has 1 aromatic carbocycles. The number of rotatable bonds is 6. The first-order valence-corrected chi connectivity index (χ1v) is 10.0. The number of nitrogens with zero attached hydrogens (tertiary/aromatic N) is 5. The summed E-state index contributed by atoms with van der Waals surface area (Å²) in [5.74, 6) is 0.573. The Balaban J connectivity index is 1.44. The van der Waals surface area contributed by atoms with Gasteiger partial charge in [0.05, 0.1) is 18.3 Å². The number of amides is 1. The first-order chi connectivity index (χ1) is 14.9. The van der Waals surface area contributed by atoms with Crippen molar-refractivity contribution in [2.24, 2.45) is 5.92 Å². The molecular formula is C22H23FN6O2. The predicted octanol–water partition coefficient (Wildman–Crippen LogP) is 3.97. The molecule has 9 heteroatoms. The monoisotopic (exact) mass is 422 g/mol. The van der Waals surface area contributed by atoms with Crippen molar-refractivity contribution in [1.82, 2.24) is 19.9 Å². The fraction of sp³-hybridized carbons (Fsp3) is 0.318. The number of carbonyl (C=O) groups excluding carboxylic acids is 1. The van der Waals surface area contributed by atoms with E-state index in [1.54, 1.807) is 25.3 Å². The Bertz CT molecular complexity index is 1090. The van der Waals surface area contributed by atoms with Crippen LogP contribution in [0.4, 0.5) is 21.1 Å². The number of carbonyl (C=O) groups is 1. The summed E-state index contributed by atoms with van der Waals surface area (Å²) in [6.45, 7) is 6.48. The molecule has 3 aromatic rings. The van der Waals surface area contributed by atoms with E-state index in [9.17, 15) is 9.18 Å². The van der Waals surface area contributed by atoms with Crippen molar-refractivity contribution in [3.8, 4) is 11.1 Å². The van der Waals surface area contributed by atoms with Crippen LogP contribution in [-0.2, 0) is 11.3 Å². The highest BCUT2D eigenvalue weighted by atomic mass is 19.1. The van der Waals surface area contributed by atoms with Crippen molar-refractivity contribution in [3.63, 3.8) is 0 Å². The van der Waals surface area contributed by atoms with Gasteiger partial charge in [0.25, 0.3) is 0 Å². The average Bonchev–Trinajstić information content (AvgIpc) is 3.16. The molecule has 1 aliphatic rings. The van der Waals surface area contributed by atoms with E-state index in [0.717, 1.165) is 16.8 Å². The number of aryl methyl sites for hydroxylation is 1. The van der Waals surface area contributed by atoms with Gasteiger partial charge in [0.15, 0.2) is 0 Å². The third-order valence-corrected chi connectivity index (χ3v) is 5.19. The summed E-state index contributed by atoms with van der Waals surface area (Å²) in [6.07, 6.45) is 2.65. The zero-order valence-corrected chi connectivity index (χ0v) is 17.5. The molecule has 4 rings (SSSR count). The van der Waals surface area contributed by atoms with Crippen molar-refractivity contribution in [1.29, 1.82) is 0 Å². The fourth-order valence-corrected chi connectivity index (χ4v) is 3.34. The lowest BCUT2D eigenvalue weighted by atomic mass is 10.0. The van der Waals surface area contributed by atoms with E-state index < -0.39 is 6.09 Å². The highest BCUT2D eigenvalue weighted by molar-refractivity contribution is 5.88. The van der Waals surface area contributed by atoms with Crippen LogP contribution < -0.4 is 10.2 Å². The Kier molecular flexibility index (Phi) is 5.75. The number of nitrogens with one attached hydrogen (secondary N) is 1. The minimum Gasteiger partial charge on any atom is -0.447 e. The largest absolute Gasteiger partial charge is 0.447 e. The van der Waals surface area contributed by atoms with Gasteiger partial charge in [-0.3, -0.25) is 4.98 Å². The second kappa shape index (κ2) is 8.63. The number of hydrogen-bond acceptors (Lipinski definition) is 7. The van der Waals surface area contributed by atoms with Crippen LogP contribution in [0.5, 0.6) is 0 Å². The number of benzene rings is 1. The summed E-state index contributed by atoms with van der Waals surface area (Å²) in [5.41, 5.74) is 3.19. The lowest BCUT2D eigenvalue weighted by molar-refractivity contribution is 0.177. The van der Waals surface area contributed by atoms with E-state index in [1.165, 1.54) is 17.3 Å². The summed E-state index contributed by atoms with van der Waals surface area (Å²) in [5, 5.41) is 3.11. The minimum atomic E-state index is -0.455. The maximum atomic E-state index is 13.5. The first kappa shape index (κ1) is 20.6. The summed E-state index contributed by atoms with van der Waals surface area (Å²) >= 11 is 0. The number of cyclic esters (lactones) is 1. The van der Waals surface area contributed by atoms with Crippen molar-refractivity contribution in [2.75, 3.05) is 16.8 Å². The van der Waals surface area contributed by atoms with Crippen LogP contribution in [-0.4, -0.2) is 38.7 Å². The molecule has 0 radical (unpaired) electrons. The SMILES string of the molecule is Cc1cc(-c2ccc(CNc3ncnc(N4C(=O)OCC4C(C)C)n3)nc2)ccc1F. The number of ether oxygens (including phenoxy) is 1. The van der Waals surface area contributed by atoms with E-state index >= 15 is 0 Å². The Morgan fingerprint density at radius 3 is 2.71 bits per heavy atom. The maximum Gasteiger partial charge on any atom is 0.417 e. The second-order valence-corrected chi connectivity index (χ2v) is 7.72. The molecule has 0 saturated carbocycles.